The average molecular weight is 262 g/mol. The highest BCUT2D eigenvalue weighted by molar-refractivity contribution is 5.49. The van der Waals surface area contributed by atoms with Crippen LogP contribution in [0, 0.1) is 0 Å². The Morgan fingerprint density at radius 2 is 2.00 bits per heavy atom. The van der Waals surface area contributed by atoms with Crippen molar-refractivity contribution < 1.29 is 4.74 Å². The van der Waals surface area contributed by atoms with Crippen LogP contribution in [0.5, 0.6) is 0 Å². The van der Waals surface area contributed by atoms with E-state index in [-0.39, 0.29) is 6.04 Å². The van der Waals surface area contributed by atoms with Gasteiger partial charge >= 0.3 is 0 Å². The highest BCUT2D eigenvalue weighted by atomic mass is 16.5. The molecule has 0 aromatic heterocycles. The molecule has 3 nitrogen and oxygen atoms in total. The Balaban J connectivity index is 2.15. The van der Waals surface area contributed by atoms with Gasteiger partial charge in [-0.3, -0.25) is 0 Å². The minimum Gasteiger partial charge on any atom is -0.375 e. The third-order valence-corrected chi connectivity index (χ3v) is 4.03. The summed E-state index contributed by atoms with van der Waals surface area (Å²) < 4.78 is 5.75. The van der Waals surface area contributed by atoms with Gasteiger partial charge in [-0.05, 0) is 37.5 Å². The lowest BCUT2D eigenvalue weighted by molar-refractivity contribution is 0.0299. The fourth-order valence-electron chi connectivity index (χ4n) is 2.65. The predicted octanol–water partition coefficient (Wildman–Crippen LogP) is 3.10. The van der Waals surface area contributed by atoms with E-state index >= 15 is 0 Å². The van der Waals surface area contributed by atoms with Crippen LogP contribution in [0.3, 0.4) is 0 Å². The number of ether oxygens (including phenoxy) is 1. The van der Waals surface area contributed by atoms with Crippen molar-refractivity contribution in [2.24, 2.45) is 5.73 Å². The molecule has 1 aliphatic heterocycles. The van der Waals surface area contributed by atoms with E-state index in [4.69, 9.17) is 10.5 Å². The number of morpholine rings is 1. The van der Waals surface area contributed by atoms with Gasteiger partial charge in [-0.25, -0.2) is 0 Å². The van der Waals surface area contributed by atoms with E-state index in [9.17, 15) is 0 Å². The molecule has 1 aliphatic rings. The van der Waals surface area contributed by atoms with Crippen molar-refractivity contribution >= 4 is 5.69 Å². The van der Waals surface area contributed by atoms with Gasteiger partial charge in [0.1, 0.15) is 0 Å². The molecule has 0 bridgehead atoms. The molecule has 1 saturated heterocycles. The first kappa shape index (κ1) is 14.4. The second-order valence-electron chi connectivity index (χ2n) is 5.46. The Morgan fingerprint density at radius 1 is 1.32 bits per heavy atom. The van der Waals surface area contributed by atoms with E-state index < -0.39 is 0 Å². The quantitative estimate of drug-likeness (QED) is 0.906. The van der Waals surface area contributed by atoms with E-state index in [2.05, 4.69) is 49.9 Å². The van der Waals surface area contributed by atoms with E-state index in [0.717, 1.165) is 26.0 Å². The van der Waals surface area contributed by atoms with Crippen molar-refractivity contribution in [1.29, 1.82) is 0 Å². The smallest absolute Gasteiger partial charge is 0.0723 e. The standard InChI is InChI=1S/C16H26N2O/c1-4-14-11-19-12(3)10-18(14)15-8-6-13(7-9-15)16(17)5-2/h6-9,12,14,16H,4-5,10-11,17H2,1-3H3. The average Bonchev–Trinajstić information content (AvgIpc) is 2.46. The molecule has 3 unspecified atom stereocenters. The lowest BCUT2D eigenvalue weighted by atomic mass is 10.0. The Labute approximate surface area is 116 Å². The van der Waals surface area contributed by atoms with Crippen LogP contribution >= 0.6 is 0 Å². The highest BCUT2D eigenvalue weighted by Crippen LogP contribution is 2.25. The molecule has 1 fully saturated rings. The SMILES string of the molecule is CCC(N)c1ccc(N2CC(C)OCC2CC)cc1. The van der Waals surface area contributed by atoms with Gasteiger partial charge in [0.25, 0.3) is 0 Å². The summed E-state index contributed by atoms with van der Waals surface area (Å²) in [4.78, 5) is 2.47. The molecule has 2 rings (SSSR count). The van der Waals surface area contributed by atoms with Crippen molar-refractivity contribution in [3.05, 3.63) is 29.8 Å². The zero-order chi connectivity index (χ0) is 13.8. The van der Waals surface area contributed by atoms with Crippen molar-refractivity contribution in [3.8, 4) is 0 Å². The molecule has 0 spiro atoms. The summed E-state index contributed by atoms with van der Waals surface area (Å²) in [6.45, 7) is 8.28. The Hall–Kier alpha value is -1.06. The van der Waals surface area contributed by atoms with Crippen LogP contribution in [-0.4, -0.2) is 25.3 Å². The molecule has 3 heteroatoms. The molecule has 1 heterocycles. The van der Waals surface area contributed by atoms with Crippen LogP contribution < -0.4 is 10.6 Å². The van der Waals surface area contributed by atoms with Crippen LogP contribution in [-0.2, 0) is 4.74 Å². The number of nitrogens with zero attached hydrogens (tertiary/aromatic N) is 1. The van der Waals surface area contributed by atoms with Gasteiger partial charge in [-0.2, -0.15) is 0 Å². The molecular weight excluding hydrogens is 236 g/mol. The summed E-state index contributed by atoms with van der Waals surface area (Å²) in [5, 5.41) is 0. The molecule has 1 aromatic carbocycles. The first-order valence-corrected chi connectivity index (χ1v) is 7.39. The second-order valence-corrected chi connectivity index (χ2v) is 5.46. The summed E-state index contributed by atoms with van der Waals surface area (Å²) in [7, 11) is 0. The molecule has 2 N–H and O–H groups in total. The number of hydrogen-bond acceptors (Lipinski definition) is 3. The van der Waals surface area contributed by atoms with E-state index in [0.29, 0.717) is 12.1 Å². The third kappa shape index (κ3) is 3.28. The zero-order valence-electron chi connectivity index (χ0n) is 12.3. The van der Waals surface area contributed by atoms with Crippen molar-refractivity contribution in [2.75, 3.05) is 18.1 Å². The van der Waals surface area contributed by atoms with Crippen molar-refractivity contribution in [1.82, 2.24) is 0 Å². The summed E-state index contributed by atoms with van der Waals surface area (Å²) in [5.74, 6) is 0. The van der Waals surface area contributed by atoms with Gasteiger partial charge in [0.15, 0.2) is 0 Å². The maximum absolute atomic E-state index is 6.06. The number of benzene rings is 1. The van der Waals surface area contributed by atoms with Crippen molar-refractivity contribution in [3.63, 3.8) is 0 Å². The van der Waals surface area contributed by atoms with Crippen LogP contribution in [0.25, 0.3) is 0 Å². The maximum atomic E-state index is 6.06. The topological polar surface area (TPSA) is 38.5 Å². The largest absolute Gasteiger partial charge is 0.375 e. The number of nitrogens with two attached hydrogens (primary N) is 1. The Morgan fingerprint density at radius 3 is 2.58 bits per heavy atom. The van der Waals surface area contributed by atoms with Gasteiger partial charge < -0.3 is 15.4 Å². The number of rotatable bonds is 4. The monoisotopic (exact) mass is 262 g/mol. The molecule has 1 aromatic rings. The molecule has 106 valence electrons. The fraction of sp³-hybridized carbons (Fsp3) is 0.625. The Bertz CT molecular complexity index is 390. The predicted molar refractivity (Wildman–Crippen MR) is 80.5 cm³/mol. The molecule has 19 heavy (non-hydrogen) atoms. The Kier molecular flexibility index (Phi) is 4.83. The minimum atomic E-state index is 0.152. The van der Waals surface area contributed by atoms with Crippen LogP contribution in [0.4, 0.5) is 5.69 Å². The van der Waals surface area contributed by atoms with Crippen LogP contribution in [0.2, 0.25) is 0 Å². The van der Waals surface area contributed by atoms with Gasteiger partial charge in [0.2, 0.25) is 0 Å². The van der Waals surface area contributed by atoms with Crippen molar-refractivity contribution in [2.45, 2.75) is 51.8 Å². The van der Waals surface area contributed by atoms with Gasteiger partial charge in [-0.15, -0.1) is 0 Å². The van der Waals surface area contributed by atoms with E-state index in [1.54, 1.807) is 0 Å². The van der Waals surface area contributed by atoms with Gasteiger partial charge in [-0.1, -0.05) is 26.0 Å². The number of hydrogen-bond donors (Lipinski definition) is 1. The lowest BCUT2D eigenvalue weighted by Gasteiger charge is -2.40. The first-order valence-electron chi connectivity index (χ1n) is 7.39. The number of anilines is 1. The molecule has 0 saturated carbocycles. The van der Waals surface area contributed by atoms with Gasteiger partial charge in [0, 0.05) is 18.3 Å². The summed E-state index contributed by atoms with van der Waals surface area (Å²) in [6.07, 6.45) is 2.40. The lowest BCUT2D eigenvalue weighted by Crippen LogP contribution is -2.48. The molecule has 0 radical (unpaired) electrons. The fourth-order valence-corrected chi connectivity index (χ4v) is 2.65. The normalized spacial score (nSPS) is 25.4. The molecular formula is C16H26N2O. The van der Waals surface area contributed by atoms with E-state index in [1.807, 2.05) is 0 Å². The summed E-state index contributed by atoms with van der Waals surface area (Å²) >= 11 is 0. The van der Waals surface area contributed by atoms with E-state index in [1.165, 1.54) is 11.3 Å². The highest BCUT2D eigenvalue weighted by Gasteiger charge is 2.25. The third-order valence-electron chi connectivity index (χ3n) is 4.03. The first-order chi connectivity index (χ1) is 9.15. The van der Waals surface area contributed by atoms with Crippen LogP contribution in [0.1, 0.15) is 45.2 Å². The summed E-state index contributed by atoms with van der Waals surface area (Å²) in [5.41, 5.74) is 8.57. The molecule has 0 amide bonds. The zero-order valence-corrected chi connectivity index (χ0v) is 12.3. The van der Waals surface area contributed by atoms with Gasteiger partial charge in [0.05, 0.1) is 18.8 Å². The molecule has 0 aliphatic carbocycles. The van der Waals surface area contributed by atoms with Crippen LogP contribution in [0.15, 0.2) is 24.3 Å². The minimum absolute atomic E-state index is 0.152. The molecule has 3 atom stereocenters. The second kappa shape index (κ2) is 6.40. The summed E-state index contributed by atoms with van der Waals surface area (Å²) in [6, 6.07) is 9.37. The maximum Gasteiger partial charge on any atom is 0.0723 e.